The van der Waals surface area contributed by atoms with E-state index in [2.05, 4.69) is 0 Å². The molecule has 1 aliphatic heterocycles. The molecule has 1 heterocycles. The number of aliphatic hydroxyl groups excluding tert-OH is 3. The molecule has 1 fully saturated rings. The highest BCUT2D eigenvalue weighted by atomic mass is 19.1. The number of aromatic hydroxyl groups is 1. The molecule has 104 valence electrons. The van der Waals surface area contributed by atoms with Gasteiger partial charge in [0.25, 0.3) is 0 Å². The molecule has 0 saturated carbocycles. The Balaban J connectivity index is 2.38. The van der Waals surface area contributed by atoms with Crippen molar-refractivity contribution in [2.45, 2.75) is 24.4 Å². The third-order valence-corrected chi connectivity index (χ3v) is 3.04. The zero-order valence-electron chi connectivity index (χ0n) is 9.73. The number of phenolic OH excluding ortho intramolecular Hbond substituents is 1. The van der Waals surface area contributed by atoms with Crippen LogP contribution in [0.1, 0.15) is 11.7 Å². The molecule has 0 bridgehead atoms. The van der Waals surface area contributed by atoms with Gasteiger partial charge in [-0.3, -0.25) is 4.79 Å². The molecule has 0 aromatic heterocycles. The highest BCUT2D eigenvalue weighted by Gasteiger charge is 2.44. The third kappa shape index (κ3) is 2.33. The lowest BCUT2D eigenvalue weighted by Crippen LogP contribution is -2.53. The first-order chi connectivity index (χ1) is 8.97. The molecular weight excluding hydrogens is 259 g/mol. The number of halogens is 1. The van der Waals surface area contributed by atoms with Crippen LogP contribution >= 0.6 is 0 Å². The summed E-state index contributed by atoms with van der Waals surface area (Å²) >= 11 is 0. The lowest BCUT2D eigenvalue weighted by Gasteiger charge is -2.35. The molecule has 0 amide bonds. The number of aliphatic hydroxyl groups is 3. The smallest absolute Gasteiger partial charge is 0.197 e. The minimum atomic E-state index is -1.78. The summed E-state index contributed by atoms with van der Waals surface area (Å²) in [7, 11) is 0. The largest absolute Gasteiger partial charge is 0.505 e. The molecule has 1 aromatic rings. The van der Waals surface area contributed by atoms with Gasteiger partial charge in [0.2, 0.25) is 0 Å². The summed E-state index contributed by atoms with van der Waals surface area (Å²) in [6.07, 6.45) is -6.05. The van der Waals surface area contributed by atoms with Crippen LogP contribution in [0.25, 0.3) is 0 Å². The first-order valence-corrected chi connectivity index (χ1v) is 5.61. The normalized spacial score (nSPS) is 31.5. The average Bonchev–Trinajstić information content (AvgIpc) is 2.40. The Kier molecular flexibility index (Phi) is 3.81. The molecule has 0 radical (unpaired) electrons. The highest BCUT2D eigenvalue weighted by Crippen LogP contribution is 2.33. The van der Waals surface area contributed by atoms with Crippen molar-refractivity contribution in [2.75, 3.05) is 6.61 Å². The van der Waals surface area contributed by atoms with Crippen LogP contribution in [0.4, 0.5) is 4.39 Å². The summed E-state index contributed by atoms with van der Waals surface area (Å²) in [6, 6.07) is 3.63. The lowest BCUT2D eigenvalue weighted by molar-refractivity contribution is -0.189. The monoisotopic (exact) mass is 272 g/mol. The molecule has 1 saturated heterocycles. The summed E-state index contributed by atoms with van der Waals surface area (Å²) in [5.74, 6) is -2.63. The van der Waals surface area contributed by atoms with Gasteiger partial charge in [0.15, 0.2) is 17.3 Å². The minimum Gasteiger partial charge on any atom is -0.505 e. The van der Waals surface area contributed by atoms with Crippen LogP contribution in [0.5, 0.6) is 5.75 Å². The van der Waals surface area contributed by atoms with E-state index in [9.17, 15) is 24.5 Å². The van der Waals surface area contributed by atoms with Gasteiger partial charge in [0.1, 0.15) is 24.4 Å². The Hall–Kier alpha value is -1.54. The predicted octanol–water partition coefficient (Wildman–Crippen LogP) is -0.746. The molecule has 4 atom stereocenters. The summed E-state index contributed by atoms with van der Waals surface area (Å²) in [5, 5.41) is 37.3. The second kappa shape index (κ2) is 5.22. The van der Waals surface area contributed by atoms with Gasteiger partial charge in [-0.2, -0.15) is 0 Å². The molecule has 19 heavy (non-hydrogen) atoms. The summed E-state index contributed by atoms with van der Waals surface area (Å²) < 4.78 is 18.8. The molecule has 1 aliphatic rings. The molecule has 2 rings (SSSR count). The number of carbonyl (C=O) groups is 1. The molecule has 1 aromatic carbocycles. The van der Waals surface area contributed by atoms with Crippen molar-refractivity contribution in [1.82, 2.24) is 0 Å². The number of phenols is 1. The average molecular weight is 272 g/mol. The number of hydrogen-bond acceptors (Lipinski definition) is 6. The summed E-state index contributed by atoms with van der Waals surface area (Å²) in [5.41, 5.74) is -0.255. The van der Waals surface area contributed by atoms with Gasteiger partial charge in [-0.05, 0) is 6.07 Å². The zero-order chi connectivity index (χ0) is 14.2. The molecule has 4 unspecified atom stereocenters. The number of Topliss-reactive ketones (excluding diaryl/α,β-unsaturated/α-hetero) is 1. The van der Waals surface area contributed by atoms with E-state index >= 15 is 0 Å². The molecule has 7 heteroatoms. The van der Waals surface area contributed by atoms with Crippen LogP contribution in [0, 0.1) is 5.82 Å². The number of ketones is 1. The lowest BCUT2D eigenvalue weighted by atomic mass is 9.92. The SMILES string of the molecule is O=C1C(c2cccc(O)c2F)OC(CO)C(O)C1O. The van der Waals surface area contributed by atoms with E-state index in [4.69, 9.17) is 9.84 Å². The first-order valence-electron chi connectivity index (χ1n) is 5.61. The highest BCUT2D eigenvalue weighted by molar-refractivity contribution is 5.89. The van der Waals surface area contributed by atoms with Crippen molar-refractivity contribution >= 4 is 5.78 Å². The van der Waals surface area contributed by atoms with Crippen molar-refractivity contribution in [3.05, 3.63) is 29.6 Å². The van der Waals surface area contributed by atoms with Gasteiger partial charge >= 0.3 is 0 Å². The van der Waals surface area contributed by atoms with Crippen molar-refractivity contribution < 1.29 is 34.3 Å². The molecule has 0 aliphatic carbocycles. The van der Waals surface area contributed by atoms with Gasteiger partial charge in [-0.1, -0.05) is 12.1 Å². The summed E-state index contributed by atoms with van der Waals surface area (Å²) in [6.45, 7) is -0.636. The third-order valence-electron chi connectivity index (χ3n) is 3.04. The fourth-order valence-electron chi connectivity index (χ4n) is 1.97. The van der Waals surface area contributed by atoms with Crippen LogP contribution in [-0.2, 0) is 9.53 Å². The Morgan fingerprint density at radius 1 is 1.32 bits per heavy atom. The van der Waals surface area contributed by atoms with Gasteiger partial charge in [0, 0.05) is 5.56 Å². The number of hydrogen-bond donors (Lipinski definition) is 4. The summed E-state index contributed by atoms with van der Waals surface area (Å²) in [4.78, 5) is 11.8. The van der Waals surface area contributed by atoms with Gasteiger partial charge in [0.05, 0.1) is 6.61 Å². The van der Waals surface area contributed by atoms with E-state index in [1.807, 2.05) is 0 Å². The maximum absolute atomic E-state index is 13.7. The van der Waals surface area contributed by atoms with E-state index in [0.717, 1.165) is 6.07 Å². The minimum absolute atomic E-state index is 0.255. The fraction of sp³-hybridized carbons (Fsp3) is 0.417. The van der Waals surface area contributed by atoms with E-state index < -0.39 is 48.4 Å². The Labute approximate surface area is 107 Å². The number of ether oxygens (including phenoxy) is 1. The van der Waals surface area contributed by atoms with E-state index in [1.54, 1.807) is 0 Å². The maximum Gasteiger partial charge on any atom is 0.197 e. The van der Waals surface area contributed by atoms with Crippen molar-refractivity contribution in [3.63, 3.8) is 0 Å². The van der Waals surface area contributed by atoms with E-state index in [-0.39, 0.29) is 5.56 Å². The van der Waals surface area contributed by atoms with E-state index in [1.165, 1.54) is 12.1 Å². The Bertz CT molecular complexity index is 491. The second-order valence-electron chi connectivity index (χ2n) is 4.26. The van der Waals surface area contributed by atoms with Crippen molar-refractivity contribution in [1.29, 1.82) is 0 Å². The van der Waals surface area contributed by atoms with Crippen LogP contribution in [0.15, 0.2) is 18.2 Å². The quantitative estimate of drug-likeness (QED) is 0.564. The fourth-order valence-corrected chi connectivity index (χ4v) is 1.97. The Morgan fingerprint density at radius 2 is 2.00 bits per heavy atom. The zero-order valence-corrected chi connectivity index (χ0v) is 9.73. The predicted molar refractivity (Wildman–Crippen MR) is 59.8 cm³/mol. The molecule has 4 N–H and O–H groups in total. The van der Waals surface area contributed by atoms with Gasteiger partial charge < -0.3 is 25.2 Å². The van der Waals surface area contributed by atoms with Crippen LogP contribution in [0.2, 0.25) is 0 Å². The second-order valence-corrected chi connectivity index (χ2v) is 4.26. The van der Waals surface area contributed by atoms with Crippen LogP contribution in [0.3, 0.4) is 0 Å². The Morgan fingerprint density at radius 3 is 2.63 bits per heavy atom. The number of carbonyl (C=O) groups excluding carboxylic acids is 1. The number of benzene rings is 1. The van der Waals surface area contributed by atoms with Crippen LogP contribution < -0.4 is 0 Å². The van der Waals surface area contributed by atoms with Crippen molar-refractivity contribution in [2.24, 2.45) is 0 Å². The molecule has 0 spiro atoms. The van der Waals surface area contributed by atoms with Crippen LogP contribution in [-0.4, -0.2) is 51.1 Å². The molecular formula is C12H13FO6. The van der Waals surface area contributed by atoms with E-state index in [0.29, 0.717) is 0 Å². The van der Waals surface area contributed by atoms with Crippen molar-refractivity contribution in [3.8, 4) is 5.75 Å². The number of rotatable bonds is 2. The maximum atomic E-state index is 13.7. The van der Waals surface area contributed by atoms with Gasteiger partial charge in [-0.15, -0.1) is 0 Å². The van der Waals surface area contributed by atoms with Gasteiger partial charge in [-0.25, -0.2) is 4.39 Å². The first kappa shape index (κ1) is 13.9. The molecule has 6 nitrogen and oxygen atoms in total. The standard InChI is InChI=1S/C12H13FO6/c13-8-5(2-1-3-6(8)15)12-11(18)10(17)9(16)7(4-14)19-12/h1-3,7,9-10,12,14-17H,4H2. The topological polar surface area (TPSA) is 107 Å².